The van der Waals surface area contributed by atoms with Gasteiger partial charge in [-0.1, -0.05) is 24.3 Å². The molecule has 11 heteroatoms. The Morgan fingerprint density at radius 3 is 2.62 bits per heavy atom. The molecule has 1 unspecified atom stereocenters. The Balaban J connectivity index is 0.00000289. The van der Waals surface area contributed by atoms with E-state index in [1.807, 2.05) is 18.2 Å². The smallest absolute Gasteiger partial charge is 0.548 e. The van der Waals surface area contributed by atoms with Gasteiger partial charge in [0.25, 0.3) is 5.91 Å². The first-order valence-corrected chi connectivity index (χ1v) is 11.7. The van der Waals surface area contributed by atoms with E-state index >= 15 is 0 Å². The summed E-state index contributed by atoms with van der Waals surface area (Å²) in [4.78, 5) is 51.8. The second-order valence-electron chi connectivity index (χ2n) is 8.14. The normalized spacial score (nSPS) is 26.2. The van der Waals surface area contributed by atoms with Crippen LogP contribution in [-0.4, -0.2) is 56.8 Å². The average molecular weight is 484 g/mol. The number of carbonyl (C=O) groups is 4. The zero-order chi connectivity index (χ0) is 22.3. The first-order chi connectivity index (χ1) is 14.7. The van der Waals surface area contributed by atoms with Gasteiger partial charge in [0, 0.05) is 4.75 Å². The number of fused-ring (bicyclic) bond motifs is 1. The second kappa shape index (κ2) is 9.72. The number of nitrogens with zero attached hydrogens (tertiary/aromatic N) is 1. The van der Waals surface area contributed by atoms with Gasteiger partial charge in [-0.3, -0.25) is 14.4 Å². The molecule has 0 saturated carbocycles. The van der Waals surface area contributed by atoms with Gasteiger partial charge in [0.1, 0.15) is 17.5 Å². The molecule has 2 N–H and O–H groups in total. The molecule has 4 rings (SSSR count). The fourth-order valence-electron chi connectivity index (χ4n) is 4.15. The maximum Gasteiger partial charge on any atom is 1.00 e. The van der Waals surface area contributed by atoms with Crippen LogP contribution >= 0.6 is 23.1 Å². The summed E-state index contributed by atoms with van der Waals surface area (Å²) in [6.45, 7) is 3.48. The third kappa shape index (κ3) is 4.56. The summed E-state index contributed by atoms with van der Waals surface area (Å²) in [5, 5.41) is 18.4. The molecule has 0 aromatic carbocycles. The summed E-state index contributed by atoms with van der Waals surface area (Å²) < 4.78 is -0.734. The van der Waals surface area contributed by atoms with Gasteiger partial charge in [-0.15, -0.1) is 23.1 Å². The van der Waals surface area contributed by atoms with Crippen LogP contribution in [0.25, 0.3) is 0 Å². The number of hydrogen-bond donors (Lipinski definition) is 2. The standard InChI is InChI=1S/C21H23N3O5S2.Na/c1-21(2)15(20(28)29)24-18(27)14(19(24)31-21)23-17(26)13(11-7-4-3-5-8-11)22-16(25)12-9-6-10-30-12;/h3-4,6,8-10,13-15,19H,5,7H2,1-2H3,(H,22,25)(H,23,26)(H,28,29);/q;+1/p-1/t13?,14-,15+,19-;/m1./s1. The van der Waals surface area contributed by atoms with Crippen molar-refractivity contribution in [3.8, 4) is 0 Å². The molecule has 8 nitrogen and oxygen atoms in total. The molecule has 1 aromatic rings. The maximum atomic E-state index is 13.2. The van der Waals surface area contributed by atoms with Crippen molar-refractivity contribution in [2.45, 2.75) is 54.9 Å². The molecular formula is C21H22N3NaO5S2. The van der Waals surface area contributed by atoms with Crippen LogP contribution in [-0.2, 0) is 14.4 Å². The van der Waals surface area contributed by atoms with E-state index in [-0.39, 0.29) is 35.5 Å². The summed E-state index contributed by atoms with van der Waals surface area (Å²) in [5.41, 5.74) is 0.751. The van der Waals surface area contributed by atoms with E-state index in [0.29, 0.717) is 17.7 Å². The topological polar surface area (TPSA) is 119 Å². The quantitative estimate of drug-likeness (QED) is 0.261. The molecule has 1 aromatic heterocycles. The minimum atomic E-state index is -1.31. The summed E-state index contributed by atoms with van der Waals surface area (Å²) >= 11 is 2.60. The van der Waals surface area contributed by atoms with Gasteiger partial charge in [0.2, 0.25) is 11.8 Å². The van der Waals surface area contributed by atoms with Crippen molar-refractivity contribution in [2.24, 2.45) is 0 Å². The number of thiophene rings is 1. The summed E-state index contributed by atoms with van der Waals surface area (Å²) in [6, 6.07) is 0.615. The zero-order valence-corrected chi connectivity index (χ0v) is 21.6. The summed E-state index contributed by atoms with van der Waals surface area (Å²) in [7, 11) is 0. The van der Waals surface area contributed by atoms with Gasteiger partial charge in [-0.2, -0.15) is 0 Å². The number of aliphatic carboxylic acids is 1. The first kappa shape index (κ1) is 25.0. The molecule has 0 bridgehead atoms. The molecule has 2 fully saturated rings. The number of carbonyl (C=O) groups excluding carboxylic acids is 4. The van der Waals surface area contributed by atoms with Crippen molar-refractivity contribution in [1.82, 2.24) is 15.5 Å². The Labute approximate surface area is 216 Å². The first-order valence-electron chi connectivity index (χ1n) is 9.90. The number of β-lactam (4-membered cyclic amide) rings is 1. The predicted molar refractivity (Wildman–Crippen MR) is 115 cm³/mol. The Morgan fingerprint density at radius 1 is 1.28 bits per heavy atom. The zero-order valence-electron chi connectivity index (χ0n) is 18.0. The Morgan fingerprint density at radius 2 is 2.03 bits per heavy atom. The number of allylic oxidation sites excluding steroid dienone is 3. The van der Waals surface area contributed by atoms with E-state index in [0.717, 1.165) is 5.57 Å². The van der Waals surface area contributed by atoms with E-state index < -0.39 is 46.0 Å². The Bertz CT molecular complexity index is 992. The van der Waals surface area contributed by atoms with E-state index in [2.05, 4.69) is 10.6 Å². The minimum Gasteiger partial charge on any atom is -0.548 e. The van der Waals surface area contributed by atoms with E-state index in [1.165, 1.54) is 28.0 Å². The Kier molecular flexibility index (Phi) is 7.61. The van der Waals surface area contributed by atoms with Gasteiger partial charge in [0.15, 0.2) is 0 Å². The van der Waals surface area contributed by atoms with Gasteiger partial charge in [-0.05, 0) is 43.7 Å². The van der Waals surface area contributed by atoms with Crippen molar-refractivity contribution >= 4 is 46.8 Å². The molecule has 3 heterocycles. The number of carboxylic acid groups (broad SMARTS) is 1. The molecule has 32 heavy (non-hydrogen) atoms. The SMILES string of the molecule is CC1(C)S[C@@H]2[C@H](NC(=O)C(NC(=O)c3cccs3)C3=CCC=CC3)C(=O)N2[C@H]1C(=O)[O-].[Na+]. The van der Waals surface area contributed by atoms with E-state index in [9.17, 15) is 24.3 Å². The fourth-order valence-corrected chi connectivity index (χ4v) is 6.40. The molecule has 164 valence electrons. The largest absolute Gasteiger partial charge is 1.00 e. The van der Waals surface area contributed by atoms with Crippen molar-refractivity contribution in [2.75, 3.05) is 0 Å². The minimum absolute atomic E-state index is 0. The summed E-state index contributed by atoms with van der Waals surface area (Å²) in [5.74, 6) is -2.61. The van der Waals surface area contributed by atoms with Crippen LogP contribution < -0.4 is 45.3 Å². The van der Waals surface area contributed by atoms with Gasteiger partial charge < -0.3 is 25.4 Å². The molecule has 2 saturated heterocycles. The third-order valence-electron chi connectivity index (χ3n) is 5.65. The van der Waals surface area contributed by atoms with Crippen molar-refractivity contribution in [3.05, 3.63) is 46.2 Å². The molecular weight excluding hydrogens is 461 g/mol. The maximum absolute atomic E-state index is 13.2. The molecule has 0 spiro atoms. The van der Waals surface area contributed by atoms with Crippen LogP contribution in [0.3, 0.4) is 0 Å². The van der Waals surface area contributed by atoms with Crippen LogP contribution in [0.4, 0.5) is 0 Å². The number of nitrogens with one attached hydrogen (secondary N) is 2. The molecule has 2 aliphatic heterocycles. The van der Waals surface area contributed by atoms with Crippen molar-refractivity contribution in [3.63, 3.8) is 0 Å². The molecule has 4 atom stereocenters. The molecule has 3 aliphatic rings. The second-order valence-corrected chi connectivity index (χ2v) is 10.9. The van der Waals surface area contributed by atoms with Crippen LogP contribution in [0.15, 0.2) is 41.3 Å². The van der Waals surface area contributed by atoms with Crippen LogP contribution in [0.5, 0.6) is 0 Å². The number of amides is 3. The number of rotatable bonds is 6. The molecule has 0 radical (unpaired) electrons. The number of hydrogen-bond acceptors (Lipinski definition) is 7. The van der Waals surface area contributed by atoms with Crippen LogP contribution in [0, 0.1) is 0 Å². The number of thioether (sulfide) groups is 1. The Hall–Kier alpha value is -1.59. The molecule has 3 amide bonds. The van der Waals surface area contributed by atoms with Crippen LogP contribution in [0.2, 0.25) is 0 Å². The van der Waals surface area contributed by atoms with Crippen molar-refractivity contribution < 1.29 is 53.8 Å². The van der Waals surface area contributed by atoms with Gasteiger partial charge >= 0.3 is 29.6 Å². The third-order valence-corrected chi connectivity index (χ3v) is 8.09. The summed E-state index contributed by atoms with van der Waals surface area (Å²) in [6.07, 6.45) is 6.98. The average Bonchev–Trinajstić information content (AvgIpc) is 3.35. The van der Waals surface area contributed by atoms with Crippen LogP contribution in [0.1, 0.15) is 36.4 Å². The van der Waals surface area contributed by atoms with E-state index in [4.69, 9.17) is 0 Å². The monoisotopic (exact) mass is 483 g/mol. The number of carboxylic acids is 1. The van der Waals surface area contributed by atoms with Crippen molar-refractivity contribution in [1.29, 1.82) is 0 Å². The van der Waals surface area contributed by atoms with E-state index in [1.54, 1.807) is 31.4 Å². The predicted octanol–water partition coefficient (Wildman–Crippen LogP) is -2.58. The van der Waals surface area contributed by atoms with Gasteiger partial charge in [-0.25, -0.2) is 0 Å². The fraction of sp³-hybridized carbons (Fsp3) is 0.429. The van der Waals surface area contributed by atoms with Gasteiger partial charge in [0.05, 0.1) is 16.9 Å². The molecule has 1 aliphatic carbocycles.